The van der Waals surface area contributed by atoms with Crippen molar-refractivity contribution in [2.24, 2.45) is 5.73 Å². The molecule has 2 atom stereocenters. The monoisotopic (exact) mass is 247 g/mol. The molecular formula is C15H25N3. The van der Waals surface area contributed by atoms with E-state index in [1.807, 2.05) is 6.07 Å². The molecule has 1 aliphatic rings. The average molecular weight is 247 g/mol. The van der Waals surface area contributed by atoms with Gasteiger partial charge in [-0.25, -0.2) is 0 Å². The van der Waals surface area contributed by atoms with Gasteiger partial charge in [0.2, 0.25) is 0 Å². The fourth-order valence-electron chi connectivity index (χ4n) is 2.75. The van der Waals surface area contributed by atoms with Crippen molar-refractivity contribution in [3.63, 3.8) is 0 Å². The van der Waals surface area contributed by atoms with E-state index in [-0.39, 0.29) is 6.04 Å². The lowest BCUT2D eigenvalue weighted by Crippen LogP contribution is -2.41. The van der Waals surface area contributed by atoms with Crippen molar-refractivity contribution < 1.29 is 0 Å². The highest BCUT2D eigenvalue weighted by Gasteiger charge is 2.21. The second-order valence-corrected chi connectivity index (χ2v) is 5.48. The van der Waals surface area contributed by atoms with Crippen LogP contribution in [0.4, 0.5) is 0 Å². The molecule has 0 amide bonds. The normalized spacial score (nSPS) is 24.7. The highest BCUT2D eigenvalue weighted by atomic mass is 15.2. The third-order valence-electron chi connectivity index (χ3n) is 3.84. The van der Waals surface area contributed by atoms with E-state index in [0.29, 0.717) is 6.04 Å². The summed E-state index contributed by atoms with van der Waals surface area (Å²) in [5, 5.41) is 0. The molecule has 1 aliphatic heterocycles. The van der Waals surface area contributed by atoms with Crippen LogP contribution in [0.25, 0.3) is 0 Å². The second-order valence-electron chi connectivity index (χ2n) is 5.48. The third-order valence-corrected chi connectivity index (χ3v) is 3.84. The second kappa shape index (κ2) is 6.32. The molecule has 1 aromatic carbocycles. The SMILES string of the molecule is CC1CN(C)CCCN1CC(N)c1ccccc1. The molecule has 3 heteroatoms. The summed E-state index contributed by atoms with van der Waals surface area (Å²) < 4.78 is 0. The van der Waals surface area contributed by atoms with Gasteiger partial charge in [-0.3, -0.25) is 4.90 Å². The summed E-state index contributed by atoms with van der Waals surface area (Å²) >= 11 is 0. The Morgan fingerprint density at radius 2 is 2.00 bits per heavy atom. The van der Waals surface area contributed by atoms with Crippen molar-refractivity contribution in [1.29, 1.82) is 0 Å². The van der Waals surface area contributed by atoms with Gasteiger partial charge >= 0.3 is 0 Å². The first-order valence-electron chi connectivity index (χ1n) is 6.90. The molecule has 1 aromatic rings. The molecule has 0 spiro atoms. The van der Waals surface area contributed by atoms with Gasteiger partial charge in [-0.05, 0) is 39.0 Å². The molecule has 0 radical (unpaired) electrons. The van der Waals surface area contributed by atoms with Crippen LogP contribution in [-0.2, 0) is 0 Å². The van der Waals surface area contributed by atoms with Crippen LogP contribution in [0.1, 0.15) is 24.9 Å². The van der Waals surface area contributed by atoms with Crippen molar-refractivity contribution in [1.82, 2.24) is 9.80 Å². The van der Waals surface area contributed by atoms with E-state index < -0.39 is 0 Å². The van der Waals surface area contributed by atoms with E-state index in [2.05, 4.69) is 48.0 Å². The highest BCUT2D eigenvalue weighted by molar-refractivity contribution is 5.18. The smallest absolute Gasteiger partial charge is 0.0424 e. The Balaban J connectivity index is 1.96. The zero-order valence-electron chi connectivity index (χ0n) is 11.5. The van der Waals surface area contributed by atoms with Crippen molar-refractivity contribution in [2.45, 2.75) is 25.4 Å². The number of rotatable bonds is 3. The van der Waals surface area contributed by atoms with E-state index in [1.165, 1.54) is 18.5 Å². The molecule has 2 rings (SSSR count). The molecule has 0 saturated carbocycles. The van der Waals surface area contributed by atoms with Gasteiger partial charge in [-0.1, -0.05) is 30.3 Å². The van der Waals surface area contributed by atoms with Crippen LogP contribution in [0.3, 0.4) is 0 Å². The first kappa shape index (κ1) is 13.5. The first-order valence-corrected chi connectivity index (χ1v) is 6.90. The minimum atomic E-state index is 0.122. The lowest BCUT2D eigenvalue weighted by Gasteiger charge is -2.30. The summed E-state index contributed by atoms with van der Waals surface area (Å²) in [6, 6.07) is 11.1. The Labute approximate surface area is 111 Å². The van der Waals surface area contributed by atoms with Crippen molar-refractivity contribution in [3.8, 4) is 0 Å². The summed E-state index contributed by atoms with van der Waals surface area (Å²) in [4.78, 5) is 4.94. The van der Waals surface area contributed by atoms with E-state index in [0.717, 1.165) is 19.6 Å². The van der Waals surface area contributed by atoms with Gasteiger partial charge in [-0.2, -0.15) is 0 Å². The Morgan fingerprint density at radius 3 is 2.72 bits per heavy atom. The quantitative estimate of drug-likeness (QED) is 0.882. The lowest BCUT2D eigenvalue weighted by atomic mass is 10.1. The van der Waals surface area contributed by atoms with Gasteiger partial charge in [-0.15, -0.1) is 0 Å². The molecule has 0 bridgehead atoms. The summed E-state index contributed by atoms with van der Waals surface area (Å²) in [5.74, 6) is 0. The molecule has 0 aromatic heterocycles. The Kier molecular flexibility index (Phi) is 4.75. The van der Waals surface area contributed by atoms with Crippen LogP contribution >= 0.6 is 0 Å². The largest absolute Gasteiger partial charge is 0.323 e. The molecule has 18 heavy (non-hydrogen) atoms. The molecular weight excluding hydrogens is 222 g/mol. The predicted molar refractivity (Wildman–Crippen MR) is 76.5 cm³/mol. The average Bonchev–Trinajstić information content (AvgIpc) is 2.52. The van der Waals surface area contributed by atoms with Gasteiger partial charge < -0.3 is 10.6 Å². The predicted octanol–water partition coefficient (Wildman–Crippen LogP) is 1.71. The standard InChI is InChI=1S/C15H25N3/c1-13-11-17(2)9-6-10-18(13)12-15(16)14-7-4-3-5-8-14/h3-5,7-8,13,15H,6,9-12,16H2,1-2H3. The minimum absolute atomic E-state index is 0.122. The third kappa shape index (κ3) is 3.55. The van der Waals surface area contributed by atoms with Crippen LogP contribution in [0.5, 0.6) is 0 Å². The molecule has 0 aliphatic carbocycles. The Morgan fingerprint density at radius 1 is 1.28 bits per heavy atom. The van der Waals surface area contributed by atoms with Crippen LogP contribution < -0.4 is 5.73 Å². The Hall–Kier alpha value is -0.900. The molecule has 3 nitrogen and oxygen atoms in total. The fraction of sp³-hybridized carbons (Fsp3) is 0.600. The number of likely N-dealkylation sites (N-methyl/N-ethyl adjacent to an activating group) is 1. The zero-order chi connectivity index (χ0) is 13.0. The molecule has 1 fully saturated rings. The summed E-state index contributed by atoms with van der Waals surface area (Å²) in [6.07, 6.45) is 1.24. The van der Waals surface area contributed by atoms with Crippen molar-refractivity contribution in [2.75, 3.05) is 33.2 Å². The number of nitrogens with zero attached hydrogens (tertiary/aromatic N) is 2. The minimum Gasteiger partial charge on any atom is -0.323 e. The van der Waals surface area contributed by atoms with Crippen LogP contribution in [0, 0.1) is 0 Å². The van der Waals surface area contributed by atoms with E-state index >= 15 is 0 Å². The van der Waals surface area contributed by atoms with Crippen molar-refractivity contribution in [3.05, 3.63) is 35.9 Å². The summed E-state index contributed by atoms with van der Waals surface area (Å²) in [5.41, 5.74) is 7.56. The molecule has 2 N–H and O–H groups in total. The van der Waals surface area contributed by atoms with Crippen molar-refractivity contribution >= 4 is 0 Å². The van der Waals surface area contributed by atoms with Gasteiger partial charge in [0.25, 0.3) is 0 Å². The maximum Gasteiger partial charge on any atom is 0.0424 e. The van der Waals surface area contributed by atoms with E-state index in [1.54, 1.807) is 0 Å². The topological polar surface area (TPSA) is 32.5 Å². The molecule has 100 valence electrons. The number of hydrogen-bond donors (Lipinski definition) is 1. The maximum atomic E-state index is 6.32. The van der Waals surface area contributed by atoms with Gasteiger partial charge in [0.05, 0.1) is 0 Å². The first-order chi connectivity index (χ1) is 8.66. The lowest BCUT2D eigenvalue weighted by molar-refractivity contribution is 0.192. The van der Waals surface area contributed by atoms with E-state index in [4.69, 9.17) is 5.73 Å². The van der Waals surface area contributed by atoms with E-state index in [9.17, 15) is 0 Å². The van der Waals surface area contributed by atoms with Crippen LogP contribution in [0.2, 0.25) is 0 Å². The van der Waals surface area contributed by atoms with Gasteiger partial charge in [0.1, 0.15) is 0 Å². The molecule has 2 unspecified atom stereocenters. The van der Waals surface area contributed by atoms with Crippen LogP contribution in [-0.4, -0.2) is 49.1 Å². The summed E-state index contributed by atoms with van der Waals surface area (Å²) in [7, 11) is 2.21. The zero-order valence-corrected chi connectivity index (χ0v) is 11.5. The van der Waals surface area contributed by atoms with Crippen LogP contribution in [0.15, 0.2) is 30.3 Å². The van der Waals surface area contributed by atoms with Gasteiger partial charge in [0.15, 0.2) is 0 Å². The number of hydrogen-bond acceptors (Lipinski definition) is 3. The summed E-state index contributed by atoms with van der Waals surface area (Å²) in [6.45, 7) is 6.76. The number of benzene rings is 1. The van der Waals surface area contributed by atoms with Gasteiger partial charge in [0, 0.05) is 25.2 Å². The number of nitrogens with two attached hydrogens (primary N) is 1. The Bertz CT molecular complexity index is 352. The molecule has 1 heterocycles. The maximum absolute atomic E-state index is 6.32. The molecule has 1 saturated heterocycles. The highest BCUT2D eigenvalue weighted by Crippen LogP contribution is 2.15. The fourth-order valence-corrected chi connectivity index (χ4v) is 2.75.